The van der Waals surface area contributed by atoms with Gasteiger partial charge in [-0.3, -0.25) is 0 Å². The van der Waals surface area contributed by atoms with Crippen molar-refractivity contribution in [2.75, 3.05) is 13.2 Å². The zero-order valence-corrected chi connectivity index (χ0v) is 11.5. The Labute approximate surface area is 126 Å². The SMILES string of the molecule is N#Cc1c(F)cccc1OCC(O)COc1ccc(F)cc1. The van der Waals surface area contributed by atoms with Crippen molar-refractivity contribution < 1.29 is 23.4 Å². The summed E-state index contributed by atoms with van der Waals surface area (Å²) in [5, 5.41) is 18.6. The number of nitrogens with zero attached hydrogens (tertiary/aromatic N) is 1. The number of rotatable bonds is 6. The summed E-state index contributed by atoms with van der Waals surface area (Å²) >= 11 is 0. The number of benzene rings is 2. The van der Waals surface area contributed by atoms with E-state index in [-0.39, 0.29) is 30.3 Å². The highest BCUT2D eigenvalue weighted by Crippen LogP contribution is 2.20. The van der Waals surface area contributed by atoms with Crippen molar-refractivity contribution in [1.29, 1.82) is 5.26 Å². The van der Waals surface area contributed by atoms with E-state index in [2.05, 4.69) is 0 Å². The van der Waals surface area contributed by atoms with Crippen LogP contribution < -0.4 is 9.47 Å². The normalized spacial score (nSPS) is 11.5. The minimum Gasteiger partial charge on any atom is -0.491 e. The molecule has 2 aromatic carbocycles. The summed E-state index contributed by atoms with van der Waals surface area (Å²) in [7, 11) is 0. The molecule has 6 heteroatoms. The Morgan fingerprint density at radius 3 is 2.41 bits per heavy atom. The first-order chi connectivity index (χ1) is 10.6. The number of hydrogen-bond donors (Lipinski definition) is 1. The lowest BCUT2D eigenvalue weighted by Gasteiger charge is -2.14. The molecular weight excluding hydrogens is 292 g/mol. The smallest absolute Gasteiger partial charge is 0.144 e. The fraction of sp³-hybridized carbons (Fsp3) is 0.188. The molecule has 0 saturated carbocycles. The molecule has 1 atom stereocenters. The third-order valence-electron chi connectivity index (χ3n) is 2.77. The van der Waals surface area contributed by atoms with Gasteiger partial charge in [0.2, 0.25) is 0 Å². The van der Waals surface area contributed by atoms with Gasteiger partial charge >= 0.3 is 0 Å². The Kier molecular flexibility index (Phi) is 5.28. The van der Waals surface area contributed by atoms with Gasteiger partial charge in [-0.1, -0.05) is 6.07 Å². The maximum Gasteiger partial charge on any atom is 0.144 e. The van der Waals surface area contributed by atoms with Crippen molar-refractivity contribution in [2.24, 2.45) is 0 Å². The Bertz CT molecular complexity index is 668. The number of aliphatic hydroxyl groups is 1. The molecule has 1 N–H and O–H groups in total. The van der Waals surface area contributed by atoms with E-state index in [9.17, 15) is 13.9 Å². The molecule has 0 saturated heterocycles. The molecule has 0 bridgehead atoms. The number of halogens is 2. The van der Waals surface area contributed by atoms with Crippen molar-refractivity contribution in [1.82, 2.24) is 0 Å². The first-order valence-electron chi connectivity index (χ1n) is 6.48. The van der Waals surface area contributed by atoms with Crippen molar-refractivity contribution in [2.45, 2.75) is 6.10 Å². The second kappa shape index (κ2) is 7.38. The van der Waals surface area contributed by atoms with Crippen LogP contribution in [0.2, 0.25) is 0 Å². The maximum absolute atomic E-state index is 13.4. The van der Waals surface area contributed by atoms with Crippen LogP contribution in [0.5, 0.6) is 11.5 Å². The third-order valence-corrected chi connectivity index (χ3v) is 2.77. The number of ether oxygens (including phenoxy) is 2. The van der Waals surface area contributed by atoms with Crippen LogP contribution in [-0.4, -0.2) is 24.4 Å². The quantitative estimate of drug-likeness (QED) is 0.891. The zero-order chi connectivity index (χ0) is 15.9. The van der Waals surface area contributed by atoms with E-state index in [1.54, 1.807) is 6.07 Å². The fourth-order valence-electron chi connectivity index (χ4n) is 1.69. The third kappa shape index (κ3) is 4.17. The van der Waals surface area contributed by atoms with Gasteiger partial charge < -0.3 is 14.6 Å². The highest BCUT2D eigenvalue weighted by atomic mass is 19.1. The lowest BCUT2D eigenvalue weighted by molar-refractivity contribution is 0.0624. The molecule has 1 unspecified atom stereocenters. The summed E-state index contributed by atoms with van der Waals surface area (Å²) < 4.78 is 36.6. The Hall–Kier alpha value is -2.65. The van der Waals surface area contributed by atoms with Gasteiger partial charge in [0.1, 0.15) is 54.1 Å². The Morgan fingerprint density at radius 2 is 1.73 bits per heavy atom. The van der Waals surface area contributed by atoms with Crippen LogP contribution in [0.15, 0.2) is 42.5 Å². The molecule has 114 valence electrons. The van der Waals surface area contributed by atoms with Gasteiger partial charge in [0.25, 0.3) is 0 Å². The van der Waals surface area contributed by atoms with Crippen molar-refractivity contribution in [3.05, 3.63) is 59.7 Å². The first kappa shape index (κ1) is 15.7. The van der Waals surface area contributed by atoms with Gasteiger partial charge in [0.15, 0.2) is 0 Å². The lowest BCUT2D eigenvalue weighted by atomic mass is 10.2. The summed E-state index contributed by atoms with van der Waals surface area (Å²) in [6.07, 6.45) is -0.986. The van der Waals surface area contributed by atoms with E-state index >= 15 is 0 Å². The fourth-order valence-corrected chi connectivity index (χ4v) is 1.69. The monoisotopic (exact) mass is 305 g/mol. The van der Waals surface area contributed by atoms with Gasteiger partial charge in [-0.2, -0.15) is 5.26 Å². The number of aliphatic hydroxyl groups excluding tert-OH is 1. The minimum atomic E-state index is -0.986. The van der Waals surface area contributed by atoms with E-state index in [4.69, 9.17) is 14.7 Å². The largest absolute Gasteiger partial charge is 0.491 e. The van der Waals surface area contributed by atoms with Crippen LogP contribution in [0.4, 0.5) is 8.78 Å². The van der Waals surface area contributed by atoms with Crippen LogP contribution >= 0.6 is 0 Å². The minimum absolute atomic E-state index is 0.0586. The molecule has 0 aliphatic carbocycles. The molecule has 0 radical (unpaired) electrons. The Balaban J connectivity index is 1.85. The van der Waals surface area contributed by atoms with Crippen molar-refractivity contribution in [3.63, 3.8) is 0 Å². The molecule has 22 heavy (non-hydrogen) atoms. The molecule has 4 nitrogen and oxygen atoms in total. The van der Waals surface area contributed by atoms with Crippen molar-refractivity contribution in [3.8, 4) is 17.6 Å². The second-order valence-electron chi connectivity index (χ2n) is 4.45. The standard InChI is InChI=1S/C16H13F2NO3/c17-11-4-6-13(7-5-11)21-9-12(20)10-22-16-3-1-2-15(18)14(16)8-19/h1-7,12,20H,9-10H2. The summed E-state index contributed by atoms with van der Waals surface area (Å²) in [5.74, 6) is -0.601. The molecule has 0 amide bonds. The predicted octanol–water partition coefficient (Wildman–Crippen LogP) is 2.66. The topological polar surface area (TPSA) is 62.5 Å². The van der Waals surface area contributed by atoms with E-state index in [1.807, 2.05) is 0 Å². The van der Waals surface area contributed by atoms with Crippen LogP contribution in [0.25, 0.3) is 0 Å². The number of hydrogen-bond acceptors (Lipinski definition) is 4. The first-order valence-corrected chi connectivity index (χ1v) is 6.48. The molecule has 0 fully saturated rings. The number of nitriles is 1. The molecule has 0 aliphatic heterocycles. The lowest BCUT2D eigenvalue weighted by Crippen LogP contribution is -2.25. The van der Waals surface area contributed by atoms with E-state index in [0.29, 0.717) is 5.75 Å². The molecule has 2 rings (SSSR count). The summed E-state index contributed by atoms with van der Waals surface area (Å²) in [4.78, 5) is 0. The summed E-state index contributed by atoms with van der Waals surface area (Å²) in [5.41, 5.74) is -0.214. The maximum atomic E-state index is 13.4. The van der Waals surface area contributed by atoms with Gasteiger partial charge in [0.05, 0.1) is 0 Å². The van der Waals surface area contributed by atoms with Crippen LogP contribution in [0, 0.1) is 23.0 Å². The van der Waals surface area contributed by atoms with Crippen LogP contribution in [0.3, 0.4) is 0 Å². The average molecular weight is 305 g/mol. The van der Waals surface area contributed by atoms with Gasteiger partial charge in [-0.25, -0.2) is 8.78 Å². The average Bonchev–Trinajstić information content (AvgIpc) is 2.52. The van der Waals surface area contributed by atoms with Crippen LogP contribution in [0.1, 0.15) is 5.56 Å². The van der Waals surface area contributed by atoms with E-state index in [1.165, 1.54) is 36.4 Å². The predicted molar refractivity (Wildman–Crippen MR) is 74.5 cm³/mol. The van der Waals surface area contributed by atoms with Crippen LogP contribution in [-0.2, 0) is 0 Å². The van der Waals surface area contributed by atoms with Crippen molar-refractivity contribution >= 4 is 0 Å². The highest BCUT2D eigenvalue weighted by molar-refractivity contribution is 5.43. The molecule has 0 aromatic heterocycles. The summed E-state index contributed by atoms with van der Waals surface area (Å²) in [6.45, 7) is -0.248. The highest BCUT2D eigenvalue weighted by Gasteiger charge is 2.12. The molecule has 0 spiro atoms. The van der Waals surface area contributed by atoms with Gasteiger partial charge in [-0.15, -0.1) is 0 Å². The molecular formula is C16H13F2NO3. The zero-order valence-electron chi connectivity index (χ0n) is 11.5. The molecule has 2 aromatic rings. The van der Waals surface area contributed by atoms with Gasteiger partial charge in [-0.05, 0) is 36.4 Å². The van der Waals surface area contributed by atoms with Gasteiger partial charge in [0, 0.05) is 0 Å². The molecule has 0 heterocycles. The summed E-state index contributed by atoms with van der Waals surface area (Å²) in [6, 6.07) is 11.1. The van der Waals surface area contributed by atoms with E-state index in [0.717, 1.165) is 6.07 Å². The Morgan fingerprint density at radius 1 is 1.05 bits per heavy atom. The van der Waals surface area contributed by atoms with E-state index < -0.39 is 11.9 Å². The molecule has 0 aliphatic rings. The second-order valence-corrected chi connectivity index (χ2v) is 4.45.